The Morgan fingerprint density at radius 1 is 1.14 bits per heavy atom. The Morgan fingerprint density at radius 2 is 1.93 bits per heavy atom. The summed E-state index contributed by atoms with van der Waals surface area (Å²) in [5.41, 5.74) is 3.46. The van der Waals surface area contributed by atoms with Crippen molar-refractivity contribution in [1.82, 2.24) is 0 Å². The summed E-state index contributed by atoms with van der Waals surface area (Å²) in [5.74, 6) is 2.67. The summed E-state index contributed by atoms with van der Waals surface area (Å²) < 4.78 is 0. The van der Waals surface area contributed by atoms with E-state index in [4.69, 9.17) is 0 Å². The molecular formula is C13H24S. The standard InChI is InChI=1S/C13H24S/c1-3-4-5-6-7-8-13-11-14-10-9-12(13)2/h3-11H2,1-2H3. The number of allylic oxidation sites excluding steroid dienone is 1. The molecule has 0 saturated heterocycles. The topological polar surface area (TPSA) is 0 Å². The minimum Gasteiger partial charge on any atom is -0.157 e. The first-order chi connectivity index (χ1) is 6.84. The number of hydrogen-bond donors (Lipinski definition) is 0. The molecule has 1 heteroatoms. The minimum atomic E-state index is 1.32. The van der Waals surface area contributed by atoms with Crippen LogP contribution in [0.5, 0.6) is 0 Å². The molecule has 0 nitrogen and oxygen atoms in total. The molecule has 0 saturated carbocycles. The third kappa shape index (κ3) is 4.54. The molecule has 0 unspecified atom stereocenters. The van der Waals surface area contributed by atoms with Crippen LogP contribution in [0.15, 0.2) is 11.1 Å². The van der Waals surface area contributed by atoms with Crippen molar-refractivity contribution in [3.63, 3.8) is 0 Å². The van der Waals surface area contributed by atoms with Gasteiger partial charge in [-0.2, -0.15) is 11.8 Å². The van der Waals surface area contributed by atoms with E-state index in [-0.39, 0.29) is 0 Å². The van der Waals surface area contributed by atoms with Gasteiger partial charge in [0, 0.05) is 5.75 Å². The number of unbranched alkanes of at least 4 members (excludes halogenated alkanes) is 4. The second kappa shape index (κ2) is 7.39. The Hall–Kier alpha value is 0.0900. The van der Waals surface area contributed by atoms with Gasteiger partial charge in [-0.3, -0.25) is 0 Å². The summed E-state index contributed by atoms with van der Waals surface area (Å²) in [4.78, 5) is 0. The zero-order chi connectivity index (χ0) is 10.2. The molecule has 1 rings (SSSR count). The summed E-state index contributed by atoms with van der Waals surface area (Å²) >= 11 is 2.12. The molecule has 0 aromatic heterocycles. The van der Waals surface area contributed by atoms with E-state index in [1.807, 2.05) is 0 Å². The van der Waals surface area contributed by atoms with Crippen LogP contribution in [-0.4, -0.2) is 11.5 Å². The molecule has 0 radical (unpaired) electrons. The van der Waals surface area contributed by atoms with Crippen molar-refractivity contribution in [2.45, 2.75) is 58.8 Å². The van der Waals surface area contributed by atoms with E-state index in [1.54, 1.807) is 11.1 Å². The number of rotatable bonds is 6. The van der Waals surface area contributed by atoms with E-state index in [0.29, 0.717) is 0 Å². The lowest BCUT2D eigenvalue weighted by Crippen LogP contribution is -2.01. The number of thioether (sulfide) groups is 1. The lowest BCUT2D eigenvalue weighted by Gasteiger charge is -2.17. The average molecular weight is 212 g/mol. The van der Waals surface area contributed by atoms with Gasteiger partial charge in [-0.05, 0) is 31.9 Å². The van der Waals surface area contributed by atoms with Gasteiger partial charge in [-0.25, -0.2) is 0 Å². The highest BCUT2D eigenvalue weighted by atomic mass is 32.2. The Kier molecular flexibility index (Phi) is 6.42. The summed E-state index contributed by atoms with van der Waals surface area (Å²) in [6.07, 6.45) is 9.81. The van der Waals surface area contributed by atoms with E-state index >= 15 is 0 Å². The molecular weight excluding hydrogens is 188 g/mol. The first-order valence-corrected chi connectivity index (χ1v) is 7.25. The van der Waals surface area contributed by atoms with Gasteiger partial charge < -0.3 is 0 Å². The van der Waals surface area contributed by atoms with E-state index in [0.717, 1.165) is 0 Å². The van der Waals surface area contributed by atoms with Crippen molar-refractivity contribution in [3.05, 3.63) is 11.1 Å². The van der Waals surface area contributed by atoms with Crippen molar-refractivity contribution in [1.29, 1.82) is 0 Å². The lowest BCUT2D eigenvalue weighted by atomic mass is 10.0. The quantitative estimate of drug-likeness (QED) is 0.450. The summed E-state index contributed by atoms with van der Waals surface area (Å²) in [5, 5.41) is 0. The minimum absolute atomic E-state index is 1.32. The average Bonchev–Trinajstić information content (AvgIpc) is 2.20. The van der Waals surface area contributed by atoms with Crippen LogP contribution in [0.25, 0.3) is 0 Å². The molecule has 0 spiro atoms. The van der Waals surface area contributed by atoms with Gasteiger partial charge in [0.05, 0.1) is 0 Å². The largest absolute Gasteiger partial charge is 0.157 e. The van der Waals surface area contributed by atoms with Gasteiger partial charge in [0.25, 0.3) is 0 Å². The predicted octanol–water partition coefficient (Wildman–Crippen LogP) is 4.80. The fourth-order valence-electron chi connectivity index (χ4n) is 1.95. The Labute approximate surface area is 93.5 Å². The van der Waals surface area contributed by atoms with Crippen molar-refractivity contribution in [2.24, 2.45) is 0 Å². The molecule has 0 aromatic carbocycles. The maximum Gasteiger partial charge on any atom is 0.0146 e. The third-order valence-corrected chi connectivity index (χ3v) is 4.13. The molecule has 0 fully saturated rings. The second-order valence-electron chi connectivity index (χ2n) is 4.35. The Morgan fingerprint density at radius 3 is 2.64 bits per heavy atom. The first-order valence-electron chi connectivity index (χ1n) is 6.10. The lowest BCUT2D eigenvalue weighted by molar-refractivity contribution is 0.628. The van der Waals surface area contributed by atoms with Crippen molar-refractivity contribution < 1.29 is 0 Å². The fourth-order valence-corrected chi connectivity index (χ4v) is 3.18. The molecule has 1 aliphatic heterocycles. The van der Waals surface area contributed by atoms with Gasteiger partial charge in [-0.15, -0.1) is 0 Å². The second-order valence-corrected chi connectivity index (χ2v) is 5.46. The SMILES string of the molecule is CCCCCCCC1=C(C)CCSC1. The monoisotopic (exact) mass is 212 g/mol. The fraction of sp³-hybridized carbons (Fsp3) is 0.846. The maximum atomic E-state index is 2.33. The van der Waals surface area contributed by atoms with Crippen LogP contribution in [0.2, 0.25) is 0 Å². The molecule has 14 heavy (non-hydrogen) atoms. The summed E-state index contributed by atoms with van der Waals surface area (Å²) in [6.45, 7) is 4.62. The predicted molar refractivity (Wildman–Crippen MR) is 68.0 cm³/mol. The molecule has 82 valence electrons. The van der Waals surface area contributed by atoms with Gasteiger partial charge >= 0.3 is 0 Å². The third-order valence-electron chi connectivity index (χ3n) is 3.08. The normalized spacial score (nSPS) is 17.6. The molecule has 0 aromatic rings. The van der Waals surface area contributed by atoms with Gasteiger partial charge in [-0.1, -0.05) is 43.8 Å². The van der Waals surface area contributed by atoms with Crippen molar-refractivity contribution in [3.8, 4) is 0 Å². The molecule has 0 amide bonds. The summed E-state index contributed by atoms with van der Waals surface area (Å²) in [7, 11) is 0. The molecule has 0 bridgehead atoms. The van der Waals surface area contributed by atoms with E-state index < -0.39 is 0 Å². The Balaban J connectivity index is 2.10. The van der Waals surface area contributed by atoms with Crippen molar-refractivity contribution >= 4 is 11.8 Å². The van der Waals surface area contributed by atoms with Crippen LogP contribution < -0.4 is 0 Å². The maximum absolute atomic E-state index is 2.33. The molecule has 0 atom stereocenters. The van der Waals surface area contributed by atoms with Crippen molar-refractivity contribution in [2.75, 3.05) is 11.5 Å². The van der Waals surface area contributed by atoms with Crippen LogP contribution in [0, 0.1) is 0 Å². The molecule has 1 aliphatic rings. The highest BCUT2D eigenvalue weighted by Crippen LogP contribution is 2.26. The highest BCUT2D eigenvalue weighted by Gasteiger charge is 2.08. The van der Waals surface area contributed by atoms with Crippen LogP contribution in [0.3, 0.4) is 0 Å². The van der Waals surface area contributed by atoms with E-state index in [9.17, 15) is 0 Å². The molecule has 0 N–H and O–H groups in total. The Bertz CT molecular complexity index is 182. The highest BCUT2D eigenvalue weighted by molar-refractivity contribution is 7.99. The van der Waals surface area contributed by atoms with Gasteiger partial charge in [0.2, 0.25) is 0 Å². The summed E-state index contributed by atoms with van der Waals surface area (Å²) in [6, 6.07) is 0. The smallest absolute Gasteiger partial charge is 0.0146 e. The first kappa shape index (κ1) is 12.2. The molecule has 1 heterocycles. The van der Waals surface area contributed by atoms with E-state index in [1.165, 1.54) is 56.5 Å². The molecule has 0 aliphatic carbocycles. The van der Waals surface area contributed by atoms with Crippen LogP contribution in [-0.2, 0) is 0 Å². The van der Waals surface area contributed by atoms with Gasteiger partial charge in [0.15, 0.2) is 0 Å². The van der Waals surface area contributed by atoms with Crippen LogP contribution in [0.1, 0.15) is 58.8 Å². The zero-order valence-corrected chi connectivity index (χ0v) is 10.6. The van der Waals surface area contributed by atoms with Crippen LogP contribution >= 0.6 is 11.8 Å². The van der Waals surface area contributed by atoms with E-state index in [2.05, 4.69) is 25.6 Å². The van der Waals surface area contributed by atoms with Gasteiger partial charge in [0.1, 0.15) is 0 Å². The van der Waals surface area contributed by atoms with Crippen LogP contribution in [0.4, 0.5) is 0 Å². The zero-order valence-electron chi connectivity index (χ0n) is 9.77. The number of hydrogen-bond acceptors (Lipinski definition) is 1.